The van der Waals surface area contributed by atoms with Crippen LogP contribution in [0.4, 0.5) is 4.39 Å². The molecule has 1 atom stereocenters. The number of nitrogens with one attached hydrogen (secondary N) is 1. The molecule has 31 heavy (non-hydrogen) atoms. The maximum Gasteiger partial charge on any atom is 0.316 e. The van der Waals surface area contributed by atoms with Crippen molar-refractivity contribution in [3.05, 3.63) is 70.0 Å². The molecule has 4 nitrogen and oxygen atoms in total. The van der Waals surface area contributed by atoms with Crippen molar-refractivity contribution >= 4 is 19.9 Å². The van der Waals surface area contributed by atoms with Gasteiger partial charge < -0.3 is 14.7 Å². The van der Waals surface area contributed by atoms with Crippen molar-refractivity contribution in [2.75, 3.05) is 13.2 Å². The maximum absolute atomic E-state index is 13.1. The molecule has 0 heterocycles. The smallest absolute Gasteiger partial charge is 0.316 e. The fourth-order valence-electron chi connectivity index (χ4n) is 3.60. The summed E-state index contributed by atoms with van der Waals surface area (Å²) < 4.78 is 28.3. The molecule has 2 aromatic rings. The van der Waals surface area contributed by atoms with Crippen LogP contribution in [0.2, 0.25) is 5.02 Å². The van der Waals surface area contributed by atoms with E-state index in [0.29, 0.717) is 19.5 Å². The van der Waals surface area contributed by atoms with Crippen molar-refractivity contribution in [2.45, 2.75) is 64.3 Å². The van der Waals surface area contributed by atoms with Gasteiger partial charge in [-0.05, 0) is 72.5 Å². The molecule has 0 aromatic heterocycles. The van der Waals surface area contributed by atoms with Gasteiger partial charge in [-0.3, -0.25) is 4.57 Å². The molecule has 1 unspecified atom stereocenters. The Morgan fingerprint density at radius 1 is 1.10 bits per heavy atom. The van der Waals surface area contributed by atoms with Gasteiger partial charge in [0.2, 0.25) is 0 Å². The van der Waals surface area contributed by atoms with Gasteiger partial charge >= 0.3 is 8.25 Å². The summed E-state index contributed by atoms with van der Waals surface area (Å²) >= 11 is 6.47. The summed E-state index contributed by atoms with van der Waals surface area (Å²) in [6, 6.07) is 13.0. The fourth-order valence-corrected chi connectivity index (χ4v) is 4.21. The SMILES string of the molecule is CC(C)(CCCCCc1ccc(CNCCCO[PH](=O)O)cc1Cl)c1ccc(F)cc1. The zero-order valence-electron chi connectivity index (χ0n) is 18.4. The van der Waals surface area contributed by atoms with Crippen molar-refractivity contribution in [3.63, 3.8) is 0 Å². The Bertz CT molecular complexity index is 830. The Balaban J connectivity index is 1.66. The Labute approximate surface area is 191 Å². The summed E-state index contributed by atoms with van der Waals surface area (Å²) in [4.78, 5) is 8.60. The van der Waals surface area contributed by atoms with E-state index in [1.165, 1.54) is 23.3 Å². The topological polar surface area (TPSA) is 58.6 Å². The first kappa shape index (κ1) is 26.0. The molecule has 2 rings (SSSR count). The highest BCUT2D eigenvalue weighted by Crippen LogP contribution is 2.30. The molecule has 2 N–H and O–H groups in total. The van der Waals surface area contributed by atoms with E-state index in [9.17, 15) is 8.96 Å². The molecule has 0 saturated heterocycles. The second-order valence-corrected chi connectivity index (χ2v) is 9.75. The molecule has 0 spiro atoms. The number of unbranched alkanes of at least 4 members (excludes halogenated alkanes) is 2. The number of rotatable bonds is 14. The van der Waals surface area contributed by atoms with Crippen molar-refractivity contribution in [1.29, 1.82) is 0 Å². The first-order valence-electron chi connectivity index (χ1n) is 10.9. The lowest BCUT2D eigenvalue weighted by atomic mass is 9.80. The van der Waals surface area contributed by atoms with Crippen LogP contribution in [0, 0.1) is 5.82 Å². The monoisotopic (exact) mass is 469 g/mol. The Morgan fingerprint density at radius 3 is 2.52 bits per heavy atom. The van der Waals surface area contributed by atoms with Crippen molar-refractivity contribution < 1.29 is 18.4 Å². The first-order valence-corrected chi connectivity index (χ1v) is 12.5. The lowest BCUT2D eigenvalue weighted by molar-refractivity contribution is 0.276. The van der Waals surface area contributed by atoms with Crippen LogP contribution < -0.4 is 5.32 Å². The highest BCUT2D eigenvalue weighted by molar-refractivity contribution is 7.32. The van der Waals surface area contributed by atoms with E-state index in [1.807, 2.05) is 18.2 Å². The minimum Gasteiger partial charge on any atom is -0.326 e. The van der Waals surface area contributed by atoms with E-state index >= 15 is 0 Å². The van der Waals surface area contributed by atoms with Crippen LogP contribution in [0.1, 0.15) is 62.6 Å². The molecule has 0 amide bonds. The summed E-state index contributed by atoms with van der Waals surface area (Å²) in [5, 5.41) is 4.08. The van der Waals surface area contributed by atoms with Crippen LogP contribution in [0.3, 0.4) is 0 Å². The highest BCUT2D eigenvalue weighted by atomic mass is 35.5. The van der Waals surface area contributed by atoms with E-state index in [1.54, 1.807) is 0 Å². The van der Waals surface area contributed by atoms with E-state index in [0.717, 1.165) is 42.7 Å². The molecule has 0 bridgehead atoms. The summed E-state index contributed by atoms with van der Waals surface area (Å²) in [5.41, 5.74) is 3.51. The Kier molecular flexibility index (Phi) is 11.2. The normalized spacial score (nSPS) is 12.8. The van der Waals surface area contributed by atoms with Gasteiger partial charge in [-0.2, -0.15) is 0 Å². The fraction of sp³-hybridized carbons (Fsp3) is 0.500. The average molecular weight is 470 g/mol. The third kappa shape index (κ3) is 9.84. The minimum atomic E-state index is -2.82. The summed E-state index contributed by atoms with van der Waals surface area (Å²) in [5.74, 6) is -0.189. The van der Waals surface area contributed by atoms with Crippen LogP contribution in [0.25, 0.3) is 0 Å². The summed E-state index contributed by atoms with van der Waals surface area (Å²) in [6.07, 6.45) is 6.05. The van der Waals surface area contributed by atoms with Gasteiger partial charge in [-0.1, -0.05) is 62.6 Å². The second kappa shape index (κ2) is 13.3. The number of hydrogen-bond acceptors (Lipinski definition) is 3. The van der Waals surface area contributed by atoms with Crippen LogP contribution in [-0.2, 0) is 27.5 Å². The van der Waals surface area contributed by atoms with Crippen LogP contribution in [-0.4, -0.2) is 18.0 Å². The van der Waals surface area contributed by atoms with Gasteiger partial charge in [0.15, 0.2) is 0 Å². The van der Waals surface area contributed by atoms with Crippen molar-refractivity contribution in [1.82, 2.24) is 5.32 Å². The van der Waals surface area contributed by atoms with E-state index in [-0.39, 0.29) is 17.8 Å². The predicted octanol–water partition coefficient (Wildman–Crippen LogP) is 6.44. The molecule has 2 aromatic carbocycles. The minimum absolute atomic E-state index is 0.0440. The maximum atomic E-state index is 13.1. The van der Waals surface area contributed by atoms with Gasteiger partial charge in [0.1, 0.15) is 5.82 Å². The summed E-state index contributed by atoms with van der Waals surface area (Å²) in [6.45, 7) is 6.12. The summed E-state index contributed by atoms with van der Waals surface area (Å²) in [7, 11) is -2.82. The third-order valence-electron chi connectivity index (χ3n) is 5.54. The van der Waals surface area contributed by atoms with Gasteiger partial charge in [0.05, 0.1) is 6.61 Å². The molecule has 0 radical (unpaired) electrons. The molecule has 0 saturated carbocycles. The largest absolute Gasteiger partial charge is 0.326 e. The van der Waals surface area contributed by atoms with E-state index in [4.69, 9.17) is 16.5 Å². The highest BCUT2D eigenvalue weighted by Gasteiger charge is 2.19. The molecule has 7 heteroatoms. The molecule has 0 aliphatic rings. The van der Waals surface area contributed by atoms with Gasteiger partial charge in [-0.25, -0.2) is 4.39 Å². The molecule has 172 valence electrons. The van der Waals surface area contributed by atoms with Crippen molar-refractivity contribution in [2.24, 2.45) is 0 Å². The number of benzene rings is 2. The van der Waals surface area contributed by atoms with Crippen LogP contribution in [0.5, 0.6) is 0 Å². The molecular weight excluding hydrogens is 436 g/mol. The number of halogens is 2. The zero-order valence-corrected chi connectivity index (χ0v) is 20.2. The second-order valence-electron chi connectivity index (χ2n) is 8.52. The molecule has 0 aliphatic heterocycles. The molecule has 0 aliphatic carbocycles. The average Bonchev–Trinajstić information content (AvgIpc) is 2.71. The Morgan fingerprint density at radius 2 is 1.84 bits per heavy atom. The van der Waals surface area contributed by atoms with Gasteiger partial charge in [0.25, 0.3) is 0 Å². The van der Waals surface area contributed by atoms with Crippen LogP contribution in [0.15, 0.2) is 42.5 Å². The van der Waals surface area contributed by atoms with E-state index < -0.39 is 8.25 Å². The zero-order chi connectivity index (χ0) is 22.7. The van der Waals surface area contributed by atoms with Crippen molar-refractivity contribution in [3.8, 4) is 0 Å². The van der Waals surface area contributed by atoms with Gasteiger partial charge in [-0.15, -0.1) is 0 Å². The molecular formula is C24H34ClFNO3P. The van der Waals surface area contributed by atoms with E-state index in [2.05, 4.69) is 35.8 Å². The quantitative estimate of drug-likeness (QED) is 0.247. The number of hydrogen-bond donors (Lipinski definition) is 2. The first-order chi connectivity index (χ1) is 14.8. The Hall–Kier alpha value is -1.23. The lowest BCUT2D eigenvalue weighted by Gasteiger charge is -2.25. The third-order valence-corrected chi connectivity index (χ3v) is 6.35. The predicted molar refractivity (Wildman–Crippen MR) is 127 cm³/mol. The molecule has 0 fully saturated rings. The standard InChI is InChI=1S/C24H34ClFNO3P/c1-24(2,21-10-12-22(26)13-11-21)14-5-3-4-7-20-9-8-19(17-23(20)25)18-27-15-6-16-30-31(28)29/h8-13,17,27,31H,3-7,14-16,18H2,1-2H3,(H,28,29). The lowest BCUT2D eigenvalue weighted by Crippen LogP contribution is -2.16. The van der Waals surface area contributed by atoms with Gasteiger partial charge in [0, 0.05) is 11.6 Å². The number of aryl methyl sites for hydroxylation is 1. The van der Waals surface area contributed by atoms with Crippen LogP contribution >= 0.6 is 19.9 Å².